The minimum Gasteiger partial charge on any atom is -0.357 e. The molecule has 2 amide bonds. The van der Waals surface area contributed by atoms with Gasteiger partial charge in [0.2, 0.25) is 11.8 Å². The van der Waals surface area contributed by atoms with E-state index in [1.54, 1.807) is 62.4 Å². The van der Waals surface area contributed by atoms with Gasteiger partial charge in [0, 0.05) is 23.6 Å². The normalized spacial score (nSPS) is 12.0. The lowest BCUT2D eigenvalue weighted by atomic mass is 10.1. The number of hydrogen-bond donors (Lipinski definition) is 1. The topological polar surface area (TPSA) is 86.8 Å². The Morgan fingerprint density at radius 1 is 0.946 bits per heavy atom. The van der Waals surface area contributed by atoms with Crippen molar-refractivity contribution in [1.82, 2.24) is 10.2 Å². The molecule has 10 heteroatoms. The van der Waals surface area contributed by atoms with Gasteiger partial charge in [-0.05, 0) is 60.9 Å². The molecule has 196 valence electrons. The molecule has 0 unspecified atom stereocenters. The van der Waals surface area contributed by atoms with Crippen molar-refractivity contribution in [2.75, 3.05) is 17.9 Å². The predicted octanol–water partition coefficient (Wildman–Crippen LogP) is 5.05. The van der Waals surface area contributed by atoms with Crippen molar-refractivity contribution in [2.45, 2.75) is 37.8 Å². The molecule has 0 aliphatic heterocycles. The summed E-state index contributed by atoms with van der Waals surface area (Å²) in [5.41, 5.74) is 1.67. The van der Waals surface area contributed by atoms with Gasteiger partial charge in [-0.3, -0.25) is 13.9 Å². The molecule has 1 atom stereocenters. The number of para-hydroxylation sites is 1. The number of carbonyl (C=O) groups excluding carboxylic acids is 2. The lowest BCUT2D eigenvalue weighted by molar-refractivity contribution is -0.140. The van der Waals surface area contributed by atoms with Crippen molar-refractivity contribution >= 4 is 50.7 Å². The maximum absolute atomic E-state index is 13.9. The SMILES string of the molecule is CC[C@@H](C(=O)NC)N(Cc1ccccc1Cl)C(=O)CN(c1ccccc1C)S(=O)(=O)c1ccc(Cl)cc1. The summed E-state index contributed by atoms with van der Waals surface area (Å²) in [5, 5.41) is 3.43. The van der Waals surface area contributed by atoms with Crippen LogP contribution in [0.1, 0.15) is 24.5 Å². The van der Waals surface area contributed by atoms with Crippen molar-refractivity contribution in [2.24, 2.45) is 0 Å². The van der Waals surface area contributed by atoms with Crippen molar-refractivity contribution in [3.05, 3.63) is 94.0 Å². The number of rotatable bonds is 10. The molecule has 3 aromatic rings. The van der Waals surface area contributed by atoms with Crippen LogP contribution in [-0.4, -0.2) is 44.8 Å². The second kappa shape index (κ2) is 12.4. The molecule has 0 bridgehead atoms. The van der Waals surface area contributed by atoms with E-state index >= 15 is 0 Å². The summed E-state index contributed by atoms with van der Waals surface area (Å²) in [6.07, 6.45) is 0.324. The van der Waals surface area contributed by atoms with E-state index in [4.69, 9.17) is 23.2 Å². The molecule has 7 nitrogen and oxygen atoms in total. The summed E-state index contributed by atoms with van der Waals surface area (Å²) >= 11 is 12.3. The van der Waals surface area contributed by atoms with Crippen LogP contribution >= 0.6 is 23.2 Å². The van der Waals surface area contributed by atoms with Crippen LogP contribution in [0, 0.1) is 6.92 Å². The molecular weight excluding hydrogens is 533 g/mol. The zero-order valence-electron chi connectivity index (χ0n) is 20.8. The molecular formula is C27H29Cl2N3O4S. The van der Waals surface area contributed by atoms with Gasteiger partial charge in [0.25, 0.3) is 10.0 Å². The van der Waals surface area contributed by atoms with Gasteiger partial charge < -0.3 is 10.2 Å². The Balaban J connectivity index is 2.08. The smallest absolute Gasteiger partial charge is 0.264 e. The molecule has 1 N–H and O–H groups in total. The standard InChI is InChI=1S/C27H29Cl2N3O4S/c1-4-24(27(34)30-3)31(17-20-10-6-7-11-23(20)29)26(33)18-32(25-12-8-5-9-19(25)2)37(35,36)22-15-13-21(28)14-16-22/h5-16,24H,4,17-18H2,1-3H3,(H,30,34)/t24-/m0/s1. The number of aryl methyl sites for hydroxylation is 1. The van der Waals surface area contributed by atoms with Gasteiger partial charge in [0.15, 0.2) is 0 Å². The van der Waals surface area contributed by atoms with E-state index in [0.29, 0.717) is 33.3 Å². The lowest BCUT2D eigenvalue weighted by Gasteiger charge is -2.33. The summed E-state index contributed by atoms with van der Waals surface area (Å²) in [7, 11) is -2.67. The Bertz CT molecular complexity index is 1360. The molecule has 0 aliphatic rings. The Morgan fingerprint density at radius 3 is 2.16 bits per heavy atom. The monoisotopic (exact) mass is 561 g/mol. The first kappa shape index (κ1) is 28.5. The largest absolute Gasteiger partial charge is 0.357 e. The van der Waals surface area contributed by atoms with Gasteiger partial charge >= 0.3 is 0 Å². The number of halogens is 2. The van der Waals surface area contributed by atoms with Gasteiger partial charge in [-0.2, -0.15) is 0 Å². The Kier molecular flexibility index (Phi) is 9.59. The number of anilines is 1. The molecule has 3 rings (SSSR count). The first-order valence-electron chi connectivity index (χ1n) is 11.7. The Morgan fingerprint density at radius 2 is 1.57 bits per heavy atom. The minimum absolute atomic E-state index is 0.0102. The highest BCUT2D eigenvalue weighted by atomic mass is 35.5. The first-order valence-corrected chi connectivity index (χ1v) is 13.9. The highest BCUT2D eigenvalue weighted by Gasteiger charge is 2.34. The third-order valence-corrected chi connectivity index (χ3v) is 8.39. The van der Waals surface area contributed by atoms with Crippen LogP contribution in [0.3, 0.4) is 0 Å². The van der Waals surface area contributed by atoms with Gasteiger partial charge in [0.05, 0.1) is 10.6 Å². The van der Waals surface area contributed by atoms with Gasteiger partial charge in [-0.15, -0.1) is 0 Å². The van der Waals surface area contributed by atoms with Crippen molar-refractivity contribution in [3.63, 3.8) is 0 Å². The van der Waals surface area contributed by atoms with E-state index in [1.807, 2.05) is 0 Å². The highest BCUT2D eigenvalue weighted by molar-refractivity contribution is 7.92. The average molecular weight is 563 g/mol. The molecule has 0 fully saturated rings. The number of carbonyl (C=O) groups is 2. The van der Waals surface area contributed by atoms with Crippen LogP contribution in [0.2, 0.25) is 10.0 Å². The van der Waals surface area contributed by atoms with E-state index in [0.717, 1.165) is 4.31 Å². The van der Waals surface area contributed by atoms with Crippen LogP contribution < -0.4 is 9.62 Å². The molecule has 0 heterocycles. The number of nitrogens with zero attached hydrogens (tertiary/aromatic N) is 2. The Labute approximate surface area is 228 Å². The van der Waals surface area contributed by atoms with Gasteiger partial charge in [-0.25, -0.2) is 8.42 Å². The molecule has 0 aromatic heterocycles. The van der Waals surface area contributed by atoms with Crippen molar-refractivity contribution in [1.29, 1.82) is 0 Å². The number of benzene rings is 3. The van der Waals surface area contributed by atoms with E-state index < -0.39 is 28.5 Å². The zero-order valence-corrected chi connectivity index (χ0v) is 23.1. The minimum atomic E-state index is -4.16. The summed E-state index contributed by atoms with van der Waals surface area (Å²) in [5.74, 6) is -0.901. The van der Waals surface area contributed by atoms with Gasteiger partial charge in [0.1, 0.15) is 12.6 Å². The number of amides is 2. The molecule has 3 aromatic carbocycles. The summed E-state index contributed by atoms with van der Waals surface area (Å²) < 4.78 is 28.7. The fourth-order valence-electron chi connectivity index (χ4n) is 3.99. The second-order valence-corrected chi connectivity index (χ2v) is 11.1. The van der Waals surface area contributed by atoms with E-state index in [1.165, 1.54) is 36.2 Å². The number of nitrogens with one attached hydrogen (secondary N) is 1. The van der Waals surface area contributed by atoms with Crippen LogP contribution in [0.4, 0.5) is 5.69 Å². The summed E-state index contributed by atoms with van der Waals surface area (Å²) in [4.78, 5) is 28.0. The summed E-state index contributed by atoms with van der Waals surface area (Å²) in [6, 6.07) is 18.9. The first-order chi connectivity index (χ1) is 17.6. The van der Waals surface area contributed by atoms with E-state index in [9.17, 15) is 18.0 Å². The average Bonchev–Trinajstić information content (AvgIpc) is 2.88. The third kappa shape index (κ3) is 6.63. The number of likely N-dealkylation sites (N-methyl/N-ethyl adjacent to an activating group) is 1. The quantitative estimate of drug-likeness (QED) is 0.375. The van der Waals surface area contributed by atoms with Crippen molar-refractivity contribution < 1.29 is 18.0 Å². The van der Waals surface area contributed by atoms with Crippen LogP contribution in [0.25, 0.3) is 0 Å². The maximum Gasteiger partial charge on any atom is 0.264 e. The maximum atomic E-state index is 13.9. The summed E-state index contributed by atoms with van der Waals surface area (Å²) in [6.45, 7) is 3.07. The van der Waals surface area contributed by atoms with E-state index in [2.05, 4.69) is 5.32 Å². The molecule has 0 spiro atoms. The third-order valence-electron chi connectivity index (χ3n) is 6.00. The van der Waals surface area contributed by atoms with Crippen molar-refractivity contribution in [3.8, 4) is 0 Å². The molecule has 0 aliphatic carbocycles. The number of sulfonamides is 1. The Hall–Kier alpha value is -3.07. The fraction of sp³-hybridized carbons (Fsp3) is 0.259. The van der Waals surface area contributed by atoms with Crippen LogP contribution in [-0.2, 0) is 26.2 Å². The molecule has 0 radical (unpaired) electrons. The molecule has 37 heavy (non-hydrogen) atoms. The second-order valence-electron chi connectivity index (χ2n) is 8.40. The van der Waals surface area contributed by atoms with Crippen LogP contribution in [0.5, 0.6) is 0 Å². The van der Waals surface area contributed by atoms with Crippen LogP contribution in [0.15, 0.2) is 77.7 Å². The lowest BCUT2D eigenvalue weighted by Crippen LogP contribution is -2.51. The predicted molar refractivity (Wildman–Crippen MR) is 147 cm³/mol. The fourth-order valence-corrected chi connectivity index (χ4v) is 5.79. The molecule has 0 saturated carbocycles. The zero-order chi connectivity index (χ0) is 27.2. The van der Waals surface area contributed by atoms with E-state index in [-0.39, 0.29) is 17.3 Å². The van der Waals surface area contributed by atoms with Gasteiger partial charge in [-0.1, -0.05) is 66.5 Å². The number of hydrogen-bond acceptors (Lipinski definition) is 4. The molecule has 0 saturated heterocycles. The highest BCUT2D eigenvalue weighted by Crippen LogP contribution is 2.28.